The Morgan fingerprint density at radius 1 is 1.33 bits per heavy atom. The molecule has 2 rings (SSSR count). The first-order chi connectivity index (χ1) is 8.54. The Kier molecular flexibility index (Phi) is 4.09. The molecule has 0 bridgehead atoms. The molecule has 1 unspecified atom stereocenters. The van der Waals surface area contributed by atoms with E-state index in [2.05, 4.69) is 45.3 Å². The molecule has 0 radical (unpaired) electrons. The maximum Gasteiger partial charge on any atom is 0.133 e. The Labute approximate surface area is 119 Å². The zero-order chi connectivity index (χ0) is 13.1. The molecule has 1 atom stereocenters. The van der Waals surface area contributed by atoms with Gasteiger partial charge in [-0.3, -0.25) is 0 Å². The van der Waals surface area contributed by atoms with Crippen molar-refractivity contribution in [2.75, 3.05) is 11.1 Å². The Hall–Kier alpha value is -1.26. The highest BCUT2D eigenvalue weighted by Gasteiger charge is 2.07. The van der Waals surface area contributed by atoms with Crippen molar-refractivity contribution in [2.24, 2.45) is 0 Å². The maximum absolute atomic E-state index is 5.87. The Balaban J connectivity index is 2.18. The molecule has 18 heavy (non-hydrogen) atoms. The molecular weight excluding hydrogens is 314 g/mol. The molecule has 0 amide bonds. The smallest absolute Gasteiger partial charge is 0.133 e. The quantitative estimate of drug-likeness (QED) is 0.829. The van der Waals surface area contributed by atoms with Crippen molar-refractivity contribution in [3.05, 3.63) is 51.6 Å². The van der Waals surface area contributed by atoms with Crippen LogP contribution in [0.1, 0.15) is 18.5 Å². The lowest BCUT2D eigenvalue weighted by molar-refractivity contribution is 0.874. The van der Waals surface area contributed by atoms with E-state index in [9.17, 15) is 0 Å². The fourth-order valence-electron chi connectivity index (χ4n) is 1.67. The van der Waals surface area contributed by atoms with E-state index in [1.165, 1.54) is 0 Å². The summed E-state index contributed by atoms with van der Waals surface area (Å²) in [4.78, 5) is 4.18. The van der Waals surface area contributed by atoms with Crippen LogP contribution < -0.4 is 11.1 Å². The average molecular weight is 327 g/mol. The Morgan fingerprint density at radius 2 is 2.11 bits per heavy atom. The predicted octanol–water partition coefficient (Wildman–Crippen LogP) is 4.25. The third-order valence-electron chi connectivity index (χ3n) is 2.53. The van der Waals surface area contributed by atoms with Crippen molar-refractivity contribution >= 4 is 39.0 Å². The summed E-state index contributed by atoms with van der Waals surface area (Å²) in [6.07, 6.45) is 0. The summed E-state index contributed by atoms with van der Waals surface area (Å²) in [6, 6.07) is 11.6. The number of nitrogens with one attached hydrogen (secondary N) is 1. The van der Waals surface area contributed by atoms with Crippen LogP contribution >= 0.6 is 27.5 Å². The van der Waals surface area contributed by atoms with Gasteiger partial charge in [-0.1, -0.05) is 39.7 Å². The van der Waals surface area contributed by atoms with Gasteiger partial charge in [-0.2, -0.15) is 0 Å². The minimum atomic E-state index is 0.118. The number of hydrogen-bond acceptors (Lipinski definition) is 3. The highest BCUT2D eigenvalue weighted by molar-refractivity contribution is 9.10. The van der Waals surface area contributed by atoms with Crippen molar-refractivity contribution in [3.63, 3.8) is 0 Å². The van der Waals surface area contributed by atoms with Gasteiger partial charge in [0.1, 0.15) is 11.0 Å². The second-order valence-corrected chi connectivity index (χ2v) is 5.33. The molecule has 1 aromatic heterocycles. The molecule has 0 saturated heterocycles. The average Bonchev–Trinajstić information content (AvgIpc) is 2.27. The monoisotopic (exact) mass is 325 g/mol. The van der Waals surface area contributed by atoms with Crippen molar-refractivity contribution < 1.29 is 0 Å². The van der Waals surface area contributed by atoms with Crippen molar-refractivity contribution in [2.45, 2.75) is 13.0 Å². The molecule has 94 valence electrons. The van der Waals surface area contributed by atoms with Gasteiger partial charge in [-0.25, -0.2) is 4.98 Å². The molecule has 1 heterocycles. The lowest BCUT2D eigenvalue weighted by Crippen LogP contribution is -2.08. The number of hydrogen-bond donors (Lipinski definition) is 2. The van der Waals surface area contributed by atoms with Crippen LogP contribution in [0.3, 0.4) is 0 Å². The van der Waals surface area contributed by atoms with Crippen molar-refractivity contribution in [3.8, 4) is 0 Å². The second-order valence-electron chi connectivity index (χ2n) is 4.03. The summed E-state index contributed by atoms with van der Waals surface area (Å²) in [5.74, 6) is 0.674. The van der Waals surface area contributed by atoms with E-state index in [0.717, 1.165) is 10.0 Å². The van der Waals surface area contributed by atoms with Gasteiger partial charge >= 0.3 is 0 Å². The first-order valence-electron chi connectivity index (χ1n) is 5.49. The number of aromatic nitrogens is 1. The molecule has 0 aliphatic rings. The van der Waals surface area contributed by atoms with Crippen LogP contribution in [-0.4, -0.2) is 4.98 Å². The van der Waals surface area contributed by atoms with Gasteiger partial charge in [-0.15, -0.1) is 0 Å². The SMILES string of the molecule is CC(Nc1cc(N)cc(Cl)n1)c1cccc(Br)c1. The first kappa shape index (κ1) is 13.2. The van der Waals surface area contributed by atoms with Gasteiger partial charge in [0.25, 0.3) is 0 Å². The van der Waals surface area contributed by atoms with Gasteiger partial charge in [-0.05, 0) is 30.7 Å². The normalized spacial score (nSPS) is 12.2. The number of pyridine rings is 1. The minimum absolute atomic E-state index is 0.118. The number of anilines is 2. The fourth-order valence-corrected chi connectivity index (χ4v) is 2.31. The van der Waals surface area contributed by atoms with Crippen LogP contribution in [0, 0.1) is 0 Å². The van der Waals surface area contributed by atoms with Gasteiger partial charge in [0.15, 0.2) is 0 Å². The summed E-state index contributed by atoms with van der Waals surface area (Å²) in [7, 11) is 0. The number of nitrogen functional groups attached to an aromatic ring is 1. The van der Waals surface area contributed by atoms with Crippen LogP contribution in [0.5, 0.6) is 0 Å². The van der Waals surface area contributed by atoms with E-state index in [1.54, 1.807) is 12.1 Å². The molecule has 0 saturated carbocycles. The molecule has 0 aliphatic carbocycles. The van der Waals surface area contributed by atoms with Crippen LogP contribution in [0.4, 0.5) is 11.5 Å². The maximum atomic E-state index is 5.87. The standard InChI is InChI=1S/C13H13BrClN3/c1-8(9-3-2-4-10(14)5-9)17-13-7-11(16)6-12(15)18-13/h2-8H,1H3,(H3,16,17,18). The molecule has 0 fully saturated rings. The lowest BCUT2D eigenvalue weighted by atomic mass is 10.1. The van der Waals surface area contributed by atoms with E-state index >= 15 is 0 Å². The van der Waals surface area contributed by atoms with Crippen LogP contribution in [0.25, 0.3) is 0 Å². The van der Waals surface area contributed by atoms with Crippen LogP contribution in [0.15, 0.2) is 40.9 Å². The molecular formula is C13H13BrClN3. The number of benzene rings is 1. The summed E-state index contributed by atoms with van der Waals surface area (Å²) in [6.45, 7) is 2.06. The fraction of sp³-hybridized carbons (Fsp3) is 0.154. The van der Waals surface area contributed by atoms with E-state index in [0.29, 0.717) is 16.7 Å². The zero-order valence-corrected chi connectivity index (χ0v) is 12.2. The Morgan fingerprint density at radius 3 is 2.78 bits per heavy atom. The predicted molar refractivity (Wildman–Crippen MR) is 79.8 cm³/mol. The highest BCUT2D eigenvalue weighted by Crippen LogP contribution is 2.23. The van der Waals surface area contributed by atoms with Crippen molar-refractivity contribution in [1.29, 1.82) is 0 Å². The van der Waals surface area contributed by atoms with Gasteiger partial charge in [0, 0.05) is 22.3 Å². The third-order valence-corrected chi connectivity index (χ3v) is 3.22. The zero-order valence-electron chi connectivity index (χ0n) is 9.82. The molecule has 3 N–H and O–H groups in total. The molecule has 0 aliphatic heterocycles. The lowest BCUT2D eigenvalue weighted by Gasteiger charge is -2.15. The van der Waals surface area contributed by atoms with Crippen LogP contribution in [-0.2, 0) is 0 Å². The van der Waals surface area contributed by atoms with E-state index < -0.39 is 0 Å². The summed E-state index contributed by atoms with van der Waals surface area (Å²) < 4.78 is 1.05. The molecule has 2 aromatic rings. The number of nitrogens with zero attached hydrogens (tertiary/aromatic N) is 1. The topological polar surface area (TPSA) is 50.9 Å². The van der Waals surface area contributed by atoms with E-state index in [1.807, 2.05) is 12.1 Å². The molecule has 3 nitrogen and oxygen atoms in total. The highest BCUT2D eigenvalue weighted by atomic mass is 79.9. The number of halogens is 2. The van der Waals surface area contributed by atoms with Gasteiger partial charge < -0.3 is 11.1 Å². The summed E-state index contributed by atoms with van der Waals surface area (Å²) >= 11 is 9.32. The number of rotatable bonds is 3. The van der Waals surface area contributed by atoms with Gasteiger partial charge in [0.2, 0.25) is 0 Å². The van der Waals surface area contributed by atoms with Gasteiger partial charge in [0.05, 0.1) is 0 Å². The molecule has 0 spiro atoms. The number of nitrogens with two attached hydrogens (primary N) is 1. The minimum Gasteiger partial charge on any atom is -0.399 e. The van der Waals surface area contributed by atoms with E-state index in [4.69, 9.17) is 17.3 Å². The van der Waals surface area contributed by atoms with Crippen molar-refractivity contribution in [1.82, 2.24) is 4.98 Å². The second kappa shape index (κ2) is 5.59. The largest absolute Gasteiger partial charge is 0.399 e. The molecule has 5 heteroatoms. The van der Waals surface area contributed by atoms with Crippen LogP contribution in [0.2, 0.25) is 5.15 Å². The summed E-state index contributed by atoms with van der Waals surface area (Å²) in [5, 5.41) is 3.66. The summed E-state index contributed by atoms with van der Waals surface area (Å²) in [5.41, 5.74) is 7.48. The third kappa shape index (κ3) is 3.37. The Bertz CT molecular complexity index is 539. The first-order valence-corrected chi connectivity index (χ1v) is 6.67. The molecule has 1 aromatic carbocycles. The van der Waals surface area contributed by atoms with E-state index in [-0.39, 0.29) is 6.04 Å².